The van der Waals surface area contributed by atoms with Crippen LogP contribution in [0, 0.1) is 0 Å². The van der Waals surface area contributed by atoms with Crippen LogP contribution >= 0.6 is 0 Å². The fourth-order valence-corrected chi connectivity index (χ4v) is 1.19. The second-order valence-corrected chi connectivity index (χ2v) is 3.53. The molecule has 0 aromatic heterocycles. The minimum atomic E-state index is -0.199. The fourth-order valence-electron chi connectivity index (χ4n) is 1.19. The first-order valence-corrected chi connectivity index (χ1v) is 5.66. The van der Waals surface area contributed by atoms with Gasteiger partial charge in [0.15, 0.2) is 0 Å². The van der Waals surface area contributed by atoms with E-state index in [2.05, 4.69) is 12.2 Å². The van der Waals surface area contributed by atoms with Crippen LogP contribution < -0.4 is 0 Å². The number of hydrogen-bond acceptors (Lipinski definition) is 3. The third kappa shape index (κ3) is 13.2. The van der Waals surface area contributed by atoms with Gasteiger partial charge in [-0.3, -0.25) is 4.79 Å². The lowest BCUT2D eigenvalue weighted by molar-refractivity contribution is -0.141. The average Bonchev–Trinajstić information content (AvgIpc) is 2.20. The molecule has 0 rings (SSSR count). The first-order valence-electron chi connectivity index (χ1n) is 5.66. The molecule has 0 unspecified atom stereocenters. The van der Waals surface area contributed by atoms with E-state index in [9.17, 15) is 4.79 Å². The molecule has 0 bridgehead atoms. The number of unbranched alkanes of at least 4 members (excludes halogenated alkanes) is 4. The zero-order valence-electron chi connectivity index (χ0n) is 9.58. The molecule has 0 aromatic carbocycles. The predicted molar refractivity (Wildman–Crippen MR) is 60.6 cm³/mol. The summed E-state index contributed by atoms with van der Waals surface area (Å²) in [5.74, 6) is -0.199. The van der Waals surface area contributed by atoms with Gasteiger partial charge >= 0.3 is 5.97 Å². The highest BCUT2D eigenvalue weighted by molar-refractivity contribution is 5.65. The molecule has 0 aliphatic rings. The normalized spacial score (nSPS) is 10.8. The molecule has 15 heavy (non-hydrogen) atoms. The number of rotatable bonds is 9. The summed E-state index contributed by atoms with van der Waals surface area (Å²) in [6.45, 7) is 2.25. The van der Waals surface area contributed by atoms with Crippen LogP contribution in [-0.2, 0) is 9.53 Å². The number of carbonyl (C=O) groups is 1. The number of carbonyl (C=O) groups excluding carboxylic acids is 1. The van der Waals surface area contributed by atoms with Crippen molar-refractivity contribution in [3.63, 3.8) is 0 Å². The van der Waals surface area contributed by atoms with Crippen molar-refractivity contribution in [3.05, 3.63) is 12.2 Å². The van der Waals surface area contributed by atoms with E-state index in [4.69, 9.17) is 9.84 Å². The Bertz CT molecular complexity index is 176. The Morgan fingerprint density at radius 2 is 1.73 bits per heavy atom. The first kappa shape index (κ1) is 14.2. The monoisotopic (exact) mass is 214 g/mol. The Labute approximate surface area is 92.1 Å². The van der Waals surface area contributed by atoms with Gasteiger partial charge in [-0.2, -0.15) is 0 Å². The summed E-state index contributed by atoms with van der Waals surface area (Å²) in [7, 11) is 0. The summed E-state index contributed by atoms with van der Waals surface area (Å²) >= 11 is 0. The molecule has 3 nitrogen and oxygen atoms in total. The Balaban J connectivity index is 3.06. The van der Waals surface area contributed by atoms with Crippen LogP contribution in [0.15, 0.2) is 12.2 Å². The van der Waals surface area contributed by atoms with Crippen molar-refractivity contribution in [2.45, 2.75) is 45.4 Å². The smallest absolute Gasteiger partial charge is 0.302 e. The average molecular weight is 214 g/mol. The minimum absolute atomic E-state index is 0.199. The quantitative estimate of drug-likeness (QED) is 0.364. The van der Waals surface area contributed by atoms with Crippen LogP contribution in [0.25, 0.3) is 0 Å². The summed E-state index contributed by atoms with van der Waals surface area (Å²) < 4.78 is 4.81. The van der Waals surface area contributed by atoms with Gasteiger partial charge in [-0.1, -0.05) is 12.2 Å². The Kier molecular flexibility index (Phi) is 10.6. The van der Waals surface area contributed by atoms with Gasteiger partial charge < -0.3 is 9.84 Å². The Morgan fingerprint density at radius 1 is 1.13 bits per heavy atom. The lowest BCUT2D eigenvalue weighted by Gasteiger charge is -1.99. The predicted octanol–water partition coefficient (Wildman–Crippen LogP) is 2.44. The molecule has 0 saturated heterocycles. The van der Waals surface area contributed by atoms with E-state index in [1.165, 1.54) is 6.92 Å². The van der Waals surface area contributed by atoms with Crippen molar-refractivity contribution in [1.82, 2.24) is 0 Å². The standard InChI is InChI=1S/C12H22O3/c1-12(14)15-11-9-7-5-3-2-4-6-8-10-13/h2-3,13H,4-11H2,1H3/b3-2+. The van der Waals surface area contributed by atoms with E-state index in [0.717, 1.165) is 38.5 Å². The fraction of sp³-hybridized carbons (Fsp3) is 0.750. The molecule has 1 N–H and O–H groups in total. The maximum Gasteiger partial charge on any atom is 0.302 e. The summed E-state index contributed by atoms with van der Waals surface area (Å²) in [5.41, 5.74) is 0. The van der Waals surface area contributed by atoms with Gasteiger partial charge in [-0.15, -0.1) is 0 Å². The highest BCUT2D eigenvalue weighted by Gasteiger charge is 1.91. The topological polar surface area (TPSA) is 46.5 Å². The van der Waals surface area contributed by atoms with Gasteiger partial charge in [0.05, 0.1) is 6.61 Å². The molecule has 88 valence electrons. The summed E-state index contributed by atoms with van der Waals surface area (Å²) in [6.07, 6.45) is 10.3. The second kappa shape index (κ2) is 11.2. The number of hydrogen-bond donors (Lipinski definition) is 1. The minimum Gasteiger partial charge on any atom is -0.466 e. The van der Waals surface area contributed by atoms with Crippen molar-refractivity contribution < 1.29 is 14.6 Å². The molecule has 3 heteroatoms. The molecule has 0 radical (unpaired) electrons. The van der Waals surface area contributed by atoms with Gasteiger partial charge in [0.25, 0.3) is 0 Å². The van der Waals surface area contributed by atoms with Crippen LogP contribution in [0.5, 0.6) is 0 Å². The molecule has 0 spiro atoms. The molecule has 0 atom stereocenters. The molecule has 0 aromatic rings. The number of aliphatic hydroxyl groups excluding tert-OH is 1. The number of aliphatic hydroxyl groups is 1. The highest BCUT2D eigenvalue weighted by Crippen LogP contribution is 2.00. The Morgan fingerprint density at radius 3 is 2.27 bits per heavy atom. The molecule has 0 fully saturated rings. The van der Waals surface area contributed by atoms with E-state index >= 15 is 0 Å². The van der Waals surface area contributed by atoms with Crippen molar-refractivity contribution in [2.24, 2.45) is 0 Å². The van der Waals surface area contributed by atoms with Crippen molar-refractivity contribution in [1.29, 1.82) is 0 Å². The third-order valence-corrected chi connectivity index (χ3v) is 2.02. The van der Waals surface area contributed by atoms with Gasteiger partial charge in [0.2, 0.25) is 0 Å². The van der Waals surface area contributed by atoms with Gasteiger partial charge in [0, 0.05) is 13.5 Å². The zero-order chi connectivity index (χ0) is 11.4. The molecule has 0 amide bonds. The summed E-state index contributed by atoms with van der Waals surface area (Å²) in [4.78, 5) is 10.4. The molecule has 0 heterocycles. The van der Waals surface area contributed by atoms with Gasteiger partial charge in [-0.25, -0.2) is 0 Å². The summed E-state index contributed by atoms with van der Waals surface area (Å²) in [5, 5.41) is 8.55. The lowest BCUT2D eigenvalue weighted by Crippen LogP contribution is -1.99. The van der Waals surface area contributed by atoms with Crippen LogP contribution in [0.3, 0.4) is 0 Å². The highest BCUT2D eigenvalue weighted by atomic mass is 16.5. The molecule has 0 aliphatic carbocycles. The molecule has 0 aliphatic heterocycles. The maximum absolute atomic E-state index is 10.4. The van der Waals surface area contributed by atoms with Crippen LogP contribution in [0.4, 0.5) is 0 Å². The van der Waals surface area contributed by atoms with Crippen LogP contribution in [0.2, 0.25) is 0 Å². The molecular weight excluding hydrogens is 192 g/mol. The summed E-state index contributed by atoms with van der Waals surface area (Å²) in [6, 6.07) is 0. The molecular formula is C12H22O3. The number of allylic oxidation sites excluding steroid dienone is 2. The Hall–Kier alpha value is -0.830. The van der Waals surface area contributed by atoms with Gasteiger partial charge in [0.1, 0.15) is 0 Å². The maximum atomic E-state index is 10.4. The van der Waals surface area contributed by atoms with Gasteiger partial charge in [-0.05, 0) is 38.5 Å². The van der Waals surface area contributed by atoms with E-state index in [1.54, 1.807) is 0 Å². The largest absolute Gasteiger partial charge is 0.466 e. The van der Waals surface area contributed by atoms with Crippen LogP contribution in [-0.4, -0.2) is 24.3 Å². The number of esters is 1. The number of ether oxygens (including phenoxy) is 1. The van der Waals surface area contributed by atoms with Crippen molar-refractivity contribution in [3.8, 4) is 0 Å². The van der Waals surface area contributed by atoms with Crippen molar-refractivity contribution >= 4 is 5.97 Å². The third-order valence-electron chi connectivity index (χ3n) is 2.02. The van der Waals surface area contributed by atoms with Crippen molar-refractivity contribution in [2.75, 3.05) is 13.2 Å². The first-order chi connectivity index (χ1) is 7.27. The zero-order valence-corrected chi connectivity index (χ0v) is 9.58. The van der Waals surface area contributed by atoms with E-state index in [0.29, 0.717) is 6.61 Å². The van der Waals surface area contributed by atoms with E-state index in [-0.39, 0.29) is 12.6 Å². The van der Waals surface area contributed by atoms with Crippen LogP contribution in [0.1, 0.15) is 45.4 Å². The molecule has 0 saturated carbocycles. The lowest BCUT2D eigenvalue weighted by atomic mass is 10.2. The SMILES string of the molecule is CC(=O)OCCCC/C=C/CCCCO. The van der Waals surface area contributed by atoms with E-state index < -0.39 is 0 Å². The van der Waals surface area contributed by atoms with E-state index in [1.807, 2.05) is 0 Å². The second-order valence-electron chi connectivity index (χ2n) is 3.53.